The second kappa shape index (κ2) is 5.65. The largest absolute Gasteiger partial charge is 0.352 e. The lowest BCUT2D eigenvalue weighted by atomic mass is 10.00. The van der Waals surface area contributed by atoms with Crippen LogP contribution >= 0.6 is 0 Å². The molecule has 0 saturated heterocycles. The fraction of sp³-hybridized carbons (Fsp3) is 0.250. The molecular weight excluding hydrogens is 238 g/mol. The smallest absolute Gasteiger partial charge is 0.222 e. The van der Waals surface area contributed by atoms with Gasteiger partial charge in [-0.05, 0) is 16.3 Å². The number of carbonyl (C=O) groups is 2. The Morgan fingerprint density at radius 1 is 1.16 bits per heavy atom. The summed E-state index contributed by atoms with van der Waals surface area (Å²) in [5.74, 6) is 0.00376. The summed E-state index contributed by atoms with van der Waals surface area (Å²) in [6.07, 6.45) is 0.860. The summed E-state index contributed by atoms with van der Waals surface area (Å²) < 4.78 is 0. The second-order valence-corrected chi connectivity index (χ2v) is 4.85. The van der Waals surface area contributed by atoms with Crippen LogP contribution in [0.5, 0.6) is 0 Å². The van der Waals surface area contributed by atoms with Gasteiger partial charge >= 0.3 is 0 Å². The fourth-order valence-corrected chi connectivity index (χ4v) is 2.03. The standard InChI is InChI=1S/C16H17NO2/c1-11(2)16(19)17-9-12-7-8-13(10-18)15-6-4-3-5-14(12)15/h3-8,10-11H,9H2,1-2H3,(H,17,19). The summed E-state index contributed by atoms with van der Waals surface area (Å²) in [5, 5.41) is 4.84. The van der Waals surface area contributed by atoms with Crippen molar-refractivity contribution < 1.29 is 9.59 Å². The molecule has 0 radical (unpaired) electrons. The predicted molar refractivity (Wildman–Crippen MR) is 76.0 cm³/mol. The molecule has 0 aliphatic heterocycles. The Morgan fingerprint density at radius 3 is 2.47 bits per heavy atom. The van der Waals surface area contributed by atoms with E-state index >= 15 is 0 Å². The number of hydrogen-bond acceptors (Lipinski definition) is 2. The molecule has 2 rings (SSSR count). The number of carbonyl (C=O) groups excluding carboxylic acids is 2. The summed E-state index contributed by atoms with van der Waals surface area (Å²) in [5.41, 5.74) is 1.70. The SMILES string of the molecule is CC(C)C(=O)NCc1ccc(C=O)c2ccccc12. The van der Waals surface area contributed by atoms with E-state index in [1.165, 1.54) is 0 Å². The first-order valence-electron chi connectivity index (χ1n) is 6.37. The molecular formula is C16H17NO2. The molecule has 0 saturated carbocycles. The summed E-state index contributed by atoms with van der Waals surface area (Å²) in [4.78, 5) is 22.6. The lowest BCUT2D eigenvalue weighted by Gasteiger charge is -2.11. The second-order valence-electron chi connectivity index (χ2n) is 4.85. The van der Waals surface area contributed by atoms with Crippen molar-refractivity contribution in [2.24, 2.45) is 5.92 Å². The molecule has 0 unspecified atom stereocenters. The Hall–Kier alpha value is -2.16. The monoisotopic (exact) mass is 255 g/mol. The Labute approximate surface area is 112 Å². The number of nitrogens with one attached hydrogen (secondary N) is 1. The third-order valence-electron chi connectivity index (χ3n) is 3.15. The predicted octanol–water partition coefficient (Wildman–Crippen LogP) is 2.92. The fourth-order valence-electron chi connectivity index (χ4n) is 2.03. The lowest BCUT2D eigenvalue weighted by molar-refractivity contribution is -0.124. The molecule has 0 aliphatic rings. The summed E-state index contributed by atoms with van der Waals surface area (Å²) in [6, 6.07) is 11.4. The van der Waals surface area contributed by atoms with Gasteiger partial charge in [-0.2, -0.15) is 0 Å². The molecule has 2 aromatic carbocycles. The van der Waals surface area contributed by atoms with Crippen LogP contribution in [0.2, 0.25) is 0 Å². The number of aldehydes is 1. The number of hydrogen-bond donors (Lipinski definition) is 1. The van der Waals surface area contributed by atoms with Crippen molar-refractivity contribution in [2.45, 2.75) is 20.4 Å². The quantitative estimate of drug-likeness (QED) is 0.854. The molecule has 1 amide bonds. The average Bonchev–Trinajstić information content (AvgIpc) is 2.44. The zero-order valence-electron chi connectivity index (χ0n) is 11.1. The van der Waals surface area contributed by atoms with Crippen molar-refractivity contribution in [1.29, 1.82) is 0 Å². The molecule has 0 atom stereocenters. The summed E-state index contributed by atoms with van der Waals surface area (Å²) in [6.45, 7) is 4.21. The van der Waals surface area contributed by atoms with Gasteiger partial charge in [-0.1, -0.05) is 50.2 Å². The molecule has 0 heterocycles. The minimum atomic E-state index is -0.0273. The van der Waals surface area contributed by atoms with Crippen LogP contribution in [0.4, 0.5) is 0 Å². The molecule has 0 spiro atoms. The Bertz CT molecular complexity index is 617. The van der Waals surface area contributed by atoms with Gasteiger partial charge in [0.2, 0.25) is 5.91 Å². The Kier molecular flexibility index (Phi) is 3.95. The van der Waals surface area contributed by atoms with Crippen LogP contribution < -0.4 is 5.32 Å². The van der Waals surface area contributed by atoms with E-state index in [1.54, 1.807) is 6.07 Å². The van der Waals surface area contributed by atoms with E-state index in [0.29, 0.717) is 12.1 Å². The van der Waals surface area contributed by atoms with E-state index in [0.717, 1.165) is 22.6 Å². The highest BCUT2D eigenvalue weighted by atomic mass is 16.1. The van der Waals surface area contributed by atoms with Gasteiger partial charge in [0.05, 0.1) is 0 Å². The zero-order valence-corrected chi connectivity index (χ0v) is 11.1. The number of amides is 1. The van der Waals surface area contributed by atoms with Crippen molar-refractivity contribution in [3.8, 4) is 0 Å². The van der Waals surface area contributed by atoms with Crippen LogP contribution in [0.25, 0.3) is 10.8 Å². The van der Waals surface area contributed by atoms with Crippen LogP contribution in [0.15, 0.2) is 36.4 Å². The molecule has 0 aliphatic carbocycles. The highest BCUT2D eigenvalue weighted by Gasteiger charge is 2.08. The van der Waals surface area contributed by atoms with Gasteiger partial charge in [0.1, 0.15) is 0 Å². The van der Waals surface area contributed by atoms with Gasteiger partial charge in [-0.15, -0.1) is 0 Å². The van der Waals surface area contributed by atoms with E-state index in [1.807, 2.05) is 44.2 Å². The van der Waals surface area contributed by atoms with Crippen LogP contribution in [0.3, 0.4) is 0 Å². The number of fused-ring (bicyclic) bond motifs is 1. The van der Waals surface area contributed by atoms with Gasteiger partial charge in [0.15, 0.2) is 6.29 Å². The molecule has 0 fully saturated rings. The van der Waals surface area contributed by atoms with Crippen molar-refractivity contribution in [1.82, 2.24) is 5.32 Å². The molecule has 0 aromatic heterocycles. The highest BCUT2D eigenvalue weighted by Crippen LogP contribution is 2.21. The van der Waals surface area contributed by atoms with Gasteiger partial charge < -0.3 is 5.32 Å². The minimum absolute atomic E-state index is 0.0273. The van der Waals surface area contributed by atoms with Crippen LogP contribution in [-0.4, -0.2) is 12.2 Å². The summed E-state index contributed by atoms with van der Waals surface area (Å²) in [7, 11) is 0. The van der Waals surface area contributed by atoms with Crippen LogP contribution in [0, 0.1) is 5.92 Å². The maximum atomic E-state index is 11.6. The average molecular weight is 255 g/mol. The van der Waals surface area contributed by atoms with Crippen LogP contribution in [0.1, 0.15) is 29.8 Å². The van der Waals surface area contributed by atoms with E-state index in [9.17, 15) is 9.59 Å². The molecule has 1 N–H and O–H groups in total. The first kappa shape index (κ1) is 13.3. The molecule has 3 heteroatoms. The lowest BCUT2D eigenvalue weighted by Crippen LogP contribution is -2.27. The van der Waals surface area contributed by atoms with E-state index in [2.05, 4.69) is 5.32 Å². The Balaban J connectivity index is 2.34. The van der Waals surface area contributed by atoms with Crippen molar-refractivity contribution in [3.05, 3.63) is 47.5 Å². The van der Waals surface area contributed by atoms with Gasteiger partial charge in [0.25, 0.3) is 0 Å². The number of rotatable bonds is 4. The first-order valence-corrected chi connectivity index (χ1v) is 6.37. The van der Waals surface area contributed by atoms with Gasteiger partial charge in [-0.3, -0.25) is 9.59 Å². The van der Waals surface area contributed by atoms with E-state index in [4.69, 9.17) is 0 Å². The van der Waals surface area contributed by atoms with E-state index < -0.39 is 0 Å². The first-order chi connectivity index (χ1) is 9.13. The number of benzene rings is 2. The summed E-state index contributed by atoms with van der Waals surface area (Å²) >= 11 is 0. The molecule has 19 heavy (non-hydrogen) atoms. The third kappa shape index (κ3) is 2.81. The molecule has 98 valence electrons. The maximum Gasteiger partial charge on any atom is 0.222 e. The van der Waals surface area contributed by atoms with Gasteiger partial charge in [-0.25, -0.2) is 0 Å². The molecule has 2 aromatic rings. The van der Waals surface area contributed by atoms with Crippen LogP contribution in [-0.2, 0) is 11.3 Å². The zero-order chi connectivity index (χ0) is 13.8. The molecule has 0 bridgehead atoms. The maximum absolute atomic E-state index is 11.6. The minimum Gasteiger partial charge on any atom is -0.352 e. The van der Waals surface area contributed by atoms with Crippen molar-refractivity contribution in [2.75, 3.05) is 0 Å². The van der Waals surface area contributed by atoms with Crippen molar-refractivity contribution in [3.63, 3.8) is 0 Å². The van der Waals surface area contributed by atoms with Gasteiger partial charge in [0, 0.05) is 18.0 Å². The third-order valence-corrected chi connectivity index (χ3v) is 3.15. The Morgan fingerprint density at radius 2 is 1.84 bits per heavy atom. The highest BCUT2D eigenvalue weighted by molar-refractivity contribution is 5.99. The topological polar surface area (TPSA) is 46.2 Å². The van der Waals surface area contributed by atoms with Crippen molar-refractivity contribution >= 4 is 23.0 Å². The van der Waals surface area contributed by atoms with E-state index in [-0.39, 0.29) is 11.8 Å². The molecule has 3 nitrogen and oxygen atoms in total. The normalized spacial score (nSPS) is 10.7.